The Morgan fingerprint density at radius 1 is 0.982 bits per heavy atom. The number of rotatable bonds is 11. The SMILES string of the molecule is COc1cc(Cc2cnc(N=C3C(=O)N(CN4CCN(c5cc6c(cc5F)c(=O)c(C(=O)O)cn6C5CC5)CC4)c4ccc(C)cc43)nc2N)cc(OC)c1OC. The Balaban J connectivity index is 0.996. The van der Waals surface area contributed by atoms with Gasteiger partial charge in [-0.05, 0) is 61.7 Å². The van der Waals surface area contributed by atoms with Gasteiger partial charge in [0.25, 0.3) is 11.9 Å². The van der Waals surface area contributed by atoms with Crippen LogP contribution in [0.2, 0.25) is 0 Å². The van der Waals surface area contributed by atoms with Crippen LogP contribution in [-0.4, -0.2) is 96.3 Å². The fraction of sp³-hybridized carbons (Fsp3) is 0.317. The van der Waals surface area contributed by atoms with E-state index in [1.54, 1.807) is 35.9 Å². The molecule has 57 heavy (non-hydrogen) atoms. The summed E-state index contributed by atoms with van der Waals surface area (Å²) >= 11 is 0. The first-order valence-electron chi connectivity index (χ1n) is 18.5. The average molecular weight is 777 g/mol. The van der Waals surface area contributed by atoms with Crippen molar-refractivity contribution in [1.29, 1.82) is 0 Å². The van der Waals surface area contributed by atoms with Gasteiger partial charge >= 0.3 is 5.97 Å². The summed E-state index contributed by atoms with van der Waals surface area (Å²) < 4.78 is 33.8. The second-order valence-corrected chi connectivity index (χ2v) is 14.4. The number of nitrogens with two attached hydrogens (primary N) is 1. The number of pyridine rings is 1. The number of carboxylic acid groups (broad SMARTS) is 1. The minimum absolute atomic E-state index is 0.0520. The zero-order valence-electron chi connectivity index (χ0n) is 31.9. The molecule has 294 valence electrons. The van der Waals surface area contributed by atoms with Gasteiger partial charge in [-0.1, -0.05) is 11.6 Å². The number of nitrogen functional groups attached to an aromatic ring is 1. The lowest BCUT2D eigenvalue weighted by atomic mass is 10.1. The van der Waals surface area contributed by atoms with E-state index in [0.29, 0.717) is 77.9 Å². The van der Waals surface area contributed by atoms with E-state index in [1.165, 1.54) is 13.3 Å². The van der Waals surface area contributed by atoms with Gasteiger partial charge in [-0.25, -0.2) is 19.2 Å². The number of aryl methyl sites for hydroxylation is 1. The van der Waals surface area contributed by atoms with Gasteiger partial charge < -0.3 is 34.5 Å². The number of amides is 1. The third kappa shape index (κ3) is 6.96. The topological polar surface area (TPSA) is 178 Å². The summed E-state index contributed by atoms with van der Waals surface area (Å²) in [5.74, 6) is -0.465. The van der Waals surface area contributed by atoms with E-state index in [9.17, 15) is 19.5 Å². The molecule has 0 radical (unpaired) electrons. The number of methoxy groups -OCH3 is 3. The number of fused-ring (bicyclic) bond motifs is 2. The number of aromatic nitrogens is 3. The molecule has 2 aromatic heterocycles. The number of aliphatic imine (C=N–C) groups is 1. The Labute approximate surface area is 326 Å². The van der Waals surface area contributed by atoms with Crippen molar-refractivity contribution in [1.82, 2.24) is 19.4 Å². The van der Waals surface area contributed by atoms with E-state index in [4.69, 9.17) is 19.9 Å². The van der Waals surface area contributed by atoms with Crippen molar-refractivity contribution >= 4 is 51.6 Å². The first kappa shape index (κ1) is 37.4. The van der Waals surface area contributed by atoms with E-state index >= 15 is 4.39 Å². The van der Waals surface area contributed by atoms with Gasteiger partial charge in [-0.2, -0.15) is 4.98 Å². The van der Waals surface area contributed by atoms with Crippen LogP contribution in [0.25, 0.3) is 10.9 Å². The van der Waals surface area contributed by atoms with Gasteiger partial charge in [0, 0.05) is 67.5 Å². The molecule has 3 aliphatic rings. The van der Waals surface area contributed by atoms with Crippen molar-refractivity contribution in [2.75, 3.05) is 69.7 Å². The Morgan fingerprint density at radius 3 is 2.33 bits per heavy atom. The van der Waals surface area contributed by atoms with Crippen LogP contribution in [0.4, 0.5) is 27.5 Å². The predicted octanol–water partition coefficient (Wildman–Crippen LogP) is 4.72. The first-order chi connectivity index (χ1) is 27.5. The van der Waals surface area contributed by atoms with Gasteiger partial charge in [-0.15, -0.1) is 0 Å². The van der Waals surface area contributed by atoms with Crippen LogP contribution in [0.15, 0.2) is 64.6 Å². The van der Waals surface area contributed by atoms with Crippen molar-refractivity contribution in [2.45, 2.75) is 32.2 Å². The summed E-state index contributed by atoms with van der Waals surface area (Å²) in [5.41, 5.74) is 10.2. The van der Waals surface area contributed by atoms with Crippen molar-refractivity contribution in [2.24, 2.45) is 4.99 Å². The summed E-state index contributed by atoms with van der Waals surface area (Å²) in [4.78, 5) is 58.1. The van der Waals surface area contributed by atoms with Gasteiger partial charge in [0.05, 0.1) is 44.9 Å². The quantitative estimate of drug-likeness (QED) is 0.189. The molecule has 5 aromatic rings. The Morgan fingerprint density at radius 2 is 1.70 bits per heavy atom. The van der Waals surface area contributed by atoms with Crippen LogP contribution in [0, 0.1) is 12.7 Å². The number of halogens is 1. The molecule has 3 aromatic carbocycles. The highest BCUT2D eigenvalue weighted by molar-refractivity contribution is 6.54. The summed E-state index contributed by atoms with van der Waals surface area (Å²) in [7, 11) is 4.63. The van der Waals surface area contributed by atoms with Crippen molar-refractivity contribution in [3.8, 4) is 17.2 Å². The number of hydrogen-bond acceptors (Lipinski definition) is 12. The standard InChI is InChI=1S/C41H41FN8O7/c1-22-5-8-30-26(13-22)35(45-41-44-19-24(38(43)46-41)14-23-15-33(55-2)37(57-4)34(16-23)56-3)39(52)50(30)21-47-9-11-48(12-10-47)32-18-31-27(17-29(32)42)36(51)28(40(53)54)20-49(31)25-6-7-25/h5,8,13,15-20,25H,6-7,9-12,14,21H2,1-4H3,(H,53,54)(H2,43,44,46). The fourth-order valence-electron chi connectivity index (χ4n) is 7.57. The third-order valence-electron chi connectivity index (χ3n) is 10.7. The smallest absolute Gasteiger partial charge is 0.341 e. The van der Waals surface area contributed by atoms with Crippen LogP contribution >= 0.6 is 0 Å². The molecule has 0 atom stereocenters. The second kappa shape index (κ2) is 14.8. The van der Waals surface area contributed by atoms with Gasteiger partial charge in [-0.3, -0.25) is 19.4 Å². The highest BCUT2D eigenvalue weighted by Crippen LogP contribution is 2.40. The number of carbonyl (C=O) groups is 2. The van der Waals surface area contributed by atoms with E-state index in [2.05, 4.69) is 19.9 Å². The minimum Gasteiger partial charge on any atom is -0.493 e. The molecule has 0 unspecified atom stereocenters. The van der Waals surface area contributed by atoms with E-state index in [1.807, 2.05) is 42.2 Å². The highest BCUT2D eigenvalue weighted by atomic mass is 19.1. The third-order valence-corrected chi connectivity index (χ3v) is 10.7. The number of aromatic carboxylic acids is 1. The van der Waals surface area contributed by atoms with Crippen LogP contribution in [0.3, 0.4) is 0 Å². The maximum atomic E-state index is 15.6. The van der Waals surface area contributed by atoms with Gasteiger partial charge in [0.15, 0.2) is 11.5 Å². The highest BCUT2D eigenvalue weighted by Gasteiger charge is 2.36. The molecule has 15 nitrogen and oxygen atoms in total. The fourth-order valence-corrected chi connectivity index (χ4v) is 7.57. The molecule has 1 saturated heterocycles. The normalized spacial score (nSPS) is 16.4. The zero-order chi connectivity index (χ0) is 40.1. The summed E-state index contributed by atoms with van der Waals surface area (Å²) in [6.07, 6.45) is 5.07. The molecule has 1 saturated carbocycles. The number of nitrogens with zero attached hydrogens (tertiary/aromatic N) is 7. The lowest BCUT2D eigenvalue weighted by Crippen LogP contribution is -2.51. The number of carboxylic acids is 1. The largest absolute Gasteiger partial charge is 0.493 e. The molecule has 8 rings (SSSR count). The molecule has 2 aliphatic heterocycles. The number of hydrogen-bond donors (Lipinski definition) is 2. The van der Waals surface area contributed by atoms with Crippen molar-refractivity contribution in [3.63, 3.8) is 0 Å². The summed E-state index contributed by atoms with van der Waals surface area (Å²) in [6.45, 7) is 4.19. The lowest BCUT2D eigenvalue weighted by molar-refractivity contribution is -0.112. The molecule has 0 spiro atoms. The number of anilines is 3. The molecule has 1 aliphatic carbocycles. The van der Waals surface area contributed by atoms with Crippen LogP contribution in [-0.2, 0) is 11.2 Å². The molecular formula is C41H41FN8O7. The Hall–Kier alpha value is -6.55. The first-order valence-corrected chi connectivity index (χ1v) is 18.5. The molecule has 0 bridgehead atoms. The molecule has 16 heteroatoms. The summed E-state index contributed by atoms with van der Waals surface area (Å²) in [5, 5.41) is 9.65. The van der Waals surface area contributed by atoms with Gasteiger partial charge in [0.2, 0.25) is 11.2 Å². The van der Waals surface area contributed by atoms with Gasteiger partial charge in [0.1, 0.15) is 22.9 Å². The Bertz CT molecular complexity index is 2520. The number of ether oxygens (including phenoxy) is 3. The minimum atomic E-state index is -1.33. The molecule has 1 amide bonds. The monoisotopic (exact) mass is 776 g/mol. The molecule has 2 fully saturated rings. The van der Waals surface area contributed by atoms with E-state index < -0.39 is 17.2 Å². The average Bonchev–Trinajstić information content (AvgIpc) is 4.02. The van der Waals surface area contributed by atoms with E-state index in [-0.39, 0.29) is 47.0 Å². The van der Waals surface area contributed by atoms with Crippen LogP contribution < -0.4 is 35.2 Å². The van der Waals surface area contributed by atoms with Crippen LogP contribution in [0.1, 0.15) is 51.5 Å². The number of piperazine rings is 1. The van der Waals surface area contributed by atoms with Crippen LogP contribution in [0.5, 0.6) is 17.2 Å². The predicted molar refractivity (Wildman–Crippen MR) is 212 cm³/mol. The summed E-state index contributed by atoms with van der Waals surface area (Å²) in [6, 6.07) is 12.3. The van der Waals surface area contributed by atoms with E-state index in [0.717, 1.165) is 30.0 Å². The number of benzene rings is 3. The van der Waals surface area contributed by atoms with Crippen molar-refractivity contribution < 1.29 is 33.3 Å². The molecular weight excluding hydrogens is 735 g/mol. The zero-order valence-corrected chi connectivity index (χ0v) is 31.9. The maximum absolute atomic E-state index is 15.6. The Kier molecular flexibility index (Phi) is 9.73. The second-order valence-electron chi connectivity index (χ2n) is 14.4. The molecule has 4 heterocycles. The van der Waals surface area contributed by atoms with Crippen molar-refractivity contribution in [3.05, 3.63) is 98.7 Å². The molecule has 3 N–H and O–H groups in total. The lowest BCUT2D eigenvalue weighted by Gasteiger charge is -2.38. The maximum Gasteiger partial charge on any atom is 0.341 e. The number of carbonyl (C=O) groups excluding carboxylic acids is 1.